The lowest BCUT2D eigenvalue weighted by atomic mass is 10.1. The van der Waals surface area contributed by atoms with Gasteiger partial charge in [-0.2, -0.15) is 9.78 Å². The number of carbonyl (C=O) groups excluding carboxylic acids is 2. The third-order valence-corrected chi connectivity index (χ3v) is 6.74. The summed E-state index contributed by atoms with van der Waals surface area (Å²) in [6.07, 6.45) is 20.5. The highest BCUT2D eigenvalue weighted by Crippen LogP contribution is 2.14. The molecule has 2 unspecified atom stereocenters. The minimum Gasteiger partial charge on any atom is -0.249 e. The van der Waals surface area contributed by atoms with Crippen molar-refractivity contribution in [3.8, 4) is 0 Å². The number of unbranched alkanes of at least 4 members (excludes halogenated alkanes) is 16. The van der Waals surface area contributed by atoms with Gasteiger partial charge in [-0.15, -0.1) is 0 Å². The van der Waals surface area contributed by atoms with Gasteiger partial charge in [-0.3, -0.25) is 0 Å². The van der Waals surface area contributed by atoms with E-state index in [0.717, 1.165) is 38.5 Å². The molecule has 10 nitrogen and oxygen atoms in total. The van der Waals surface area contributed by atoms with Crippen molar-refractivity contribution < 1.29 is 49.4 Å². The zero-order chi connectivity index (χ0) is 31.8. The summed E-state index contributed by atoms with van der Waals surface area (Å²) in [5.41, 5.74) is 0. The second-order valence-corrected chi connectivity index (χ2v) is 11.7. The average Bonchev–Trinajstić information content (AvgIpc) is 2.96. The number of rotatable bonds is 27. The molecule has 0 saturated heterocycles. The van der Waals surface area contributed by atoms with E-state index < -0.39 is 24.5 Å². The maximum Gasteiger partial charge on any atom is 0.355 e. The molecule has 0 fully saturated rings. The molecule has 10 heteroatoms. The van der Waals surface area contributed by atoms with Crippen LogP contribution in [0.15, 0.2) is 0 Å². The quantitative estimate of drug-likeness (QED) is 0.0402. The Morgan fingerprint density at radius 1 is 0.476 bits per heavy atom. The molecule has 0 spiro atoms. The van der Waals surface area contributed by atoms with Crippen LogP contribution in [-0.2, 0) is 38.9 Å². The summed E-state index contributed by atoms with van der Waals surface area (Å²) in [4.78, 5) is 49.8. The predicted octanol–water partition coefficient (Wildman–Crippen LogP) is 9.71. The van der Waals surface area contributed by atoms with Crippen LogP contribution in [-0.4, -0.2) is 35.0 Å². The van der Waals surface area contributed by atoms with Gasteiger partial charge < -0.3 is 0 Å². The molecular formula is C32H64O10. The molecule has 42 heavy (non-hydrogen) atoms. The molecule has 0 aliphatic heterocycles. The van der Waals surface area contributed by atoms with Crippen molar-refractivity contribution in [3.63, 3.8) is 0 Å². The number of hydrogen-bond acceptors (Lipinski definition) is 10. The molecule has 0 aromatic heterocycles. The molecule has 0 aromatic rings. The first-order valence-corrected chi connectivity index (χ1v) is 16.6. The van der Waals surface area contributed by atoms with Crippen LogP contribution >= 0.6 is 0 Å². The van der Waals surface area contributed by atoms with Crippen molar-refractivity contribution in [2.24, 2.45) is 11.8 Å². The molecular weight excluding hydrogens is 544 g/mol. The Balaban J connectivity index is 0. The Kier molecular flexibility index (Phi) is 33.3. The van der Waals surface area contributed by atoms with Gasteiger partial charge in [0.25, 0.3) is 0 Å². The van der Waals surface area contributed by atoms with Gasteiger partial charge >= 0.3 is 11.9 Å². The monoisotopic (exact) mass is 608 g/mol. The van der Waals surface area contributed by atoms with Crippen molar-refractivity contribution in [3.05, 3.63) is 0 Å². The molecule has 0 saturated carbocycles. The minimum atomic E-state index is -0.911. The molecule has 0 heterocycles. The molecule has 0 aliphatic carbocycles. The fourth-order valence-electron chi connectivity index (χ4n) is 3.95. The zero-order valence-electron chi connectivity index (χ0n) is 27.6. The Morgan fingerprint density at radius 2 is 0.738 bits per heavy atom. The summed E-state index contributed by atoms with van der Waals surface area (Å²) in [5, 5.41) is 16.8. The first kappa shape index (κ1) is 42.8. The number of hydrogen-bond donors (Lipinski definition) is 2. The summed E-state index contributed by atoms with van der Waals surface area (Å²) < 4.78 is 0. The molecule has 0 rings (SSSR count). The Labute approximate surface area is 255 Å². The summed E-state index contributed by atoms with van der Waals surface area (Å²) in [7, 11) is 0. The summed E-state index contributed by atoms with van der Waals surface area (Å²) in [5.74, 6) is -1.04. The van der Waals surface area contributed by atoms with Crippen LogP contribution in [0.4, 0.5) is 0 Å². The lowest BCUT2D eigenvalue weighted by molar-refractivity contribution is -0.519. The first-order valence-electron chi connectivity index (χ1n) is 16.6. The minimum absolute atomic E-state index is 0.0912. The molecule has 0 aliphatic rings. The highest BCUT2D eigenvalue weighted by Gasteiger charge is 2.21. The van der Waals surface area contributed by atoms with Crippen LogP contribution in [0.3, 0.4) is 0 Å². The van der Waals surface area contributed by atoms with E-state index in [-0.39, 0.29) is 11.8 Å². The van der Waals surface area contributed by atoms with Crippen molar-refractivity contribution >= 4 is 11.9 Å². The van der Waals surface area contributed by atoms with Crippen molar-refractivity contribution in [1.29, 1.82) is 0 Å². The fraction of sp³-hybridized carbons (Fsp3) is 0.938. The van der Waals surface area contributed by atoms with Gasteiger partial charge in [0.2, 0.25) is 12.6 Å². The lowest BCUT2D eigenvalue weighted by Crippen LogP contribution is -2.29. The maximum atomic E-state index is 11.6. The average molecular weight is 609 g/mol. The van der Waals surface area contributed by atoms with E-state index in [1.165, 1.54) is 77.0 Å². The third kappa shape index (κ3) is 30.2. The van der Waals surface area contributed by atoms with Crippen LogP contribution in [0.1, 0.15) is 170 Å². The van der Waals surface area contributed by atoms with Crippen LogP contribution < -0.4 is 0 Å². The molecule has 0 bridgehead atoms. The SMILES string of the molecule is CC(C)C(OO)OOC(OO)C(C)C.CCCCCCCCCCCC(=O)OOC(=O)CCCCCCCCCCC. The van der Waals surface area contributed by atoms with Crippen molar-refractivity contribution in [1.82, 2.24) is 0 Å². The molecule has 0 aromatic carbocycles. The summed E-state index contributed by atoms with van der Waals surface area (Å²) in [6, 6.07) is 0. The van der Waals surface area contributed by atoms with Gasteiger partial charge in [0.05, 0.1) is 12.8 Å². The molecule has 252 valence electrons. The molecule has 0 radical (unpaired) electrons. The standard InChI is InChI=1S/C24H46O4.C8H18O6/c1-3-5-7-9-11-13-15-17-19-21-23(25)27-28-24(26)22-20-18-16-14-12-10-8-6-4-2;1-5(2)7(11-9)13-14-8(12-10)6(3)4/h3-22H2,1-2H3;5-10H,1-4H3. The largest absolute Gasteiger partial charge is 0.355 e. The van der Waals surface area contributed by atoms with Gasteiger partial charge in [0.15, 0.2) is 0 Å². The van der Waals surface area contributed by atoms with Crippen molar-refractivity contribution in [2.45, 2.75) is 183 Å². The normalized spacial score (nSPS) is 12.6. The van der Waals surface area contributed by atoms with E-state index >= 15 is 0 Å². The van der Waals surface area contributed by atoms with Gasteiger partial charge in [0, 0.05) is 11.8 Å². The second kappa shape index (κ2) is 32.6. The van der Waals surface area contributed by atoms with E-state index in [1.807, 2.05) is 0 Å². The number of carbonyl (C=O) groups is 2. The Hall–Kier alpha value is -1.30. The fourth-order valence-corrected chi connectivity index (χ4v) is 3.95. The maximum absolute atomic E-state index is 11.6. The van der Waals surface area contributed by atoms with Crippen LogP contribution in [0, 0.1) is 11.8 Å². The predicted molar refractivity (Wildman–Crippen MR) is 163 cm³/mol. The van der Waals surface area contributed by atoms with Gasteiger partial charge in [0.1, 0.15) is 0 Å². The molecule has 0 amide bonds. The second-order valence-electron chi connectivity index (χ2n) is 11.7. The highest BCUT2D eigenvalue weighted by atomic mass is 17.3. The van der Waals surface area contributed by atoms with E-state index in [0.29, 0.717) is 12.8 Å². The van der Waals surface area contributed by atoms with Gasteiger partial charge in [-0.25, -0.2) is 39.7 Å². The summed E-state index contributed by atoms with van der Waals surface area (Å²) >= 11 is 0. The highest BCUT2D eigenvalue weighted by molar-refractivity contribution is 5.72. The van der Waals surface area contributed by atoms with Gasteiger partial charge in [-0.05, 0) is 12.8 Å². The summed E-state index contributed by atoms with van der Waals surface area (Å²) in [6.45, 7) is 11.5. The van der Waals surface area contributed by atoms with Crippen LogP contribution in [0.25, 0.3) is 0 Å². The van der Waals surface area contributed by atoms with Crippen LogP contribution in [0.5, 0.6) is 0 Å². The topological polar surface area (TPSA) is 130 Å². The molecule has 2 atom stereocenters. The van der Waals surface area contributed by atoms with E-state index in [1.54, 1.807) is 27.7 Å². The van der Waals surface area contributed by atoms with Gasteiger partial charge in [-0.1, -0.05) is 144 Å². The third-order valence-electron chi connectivity index (χ3n) is 6.74. The van der Waals surface area contributed by atoms with E-state index in [9.17, 15) is 9.59 Å². The van der Waals surface area contributed by atoms with Crippen molar-refractivity contribution in [2.75, 3.05) is 0 Å². The smallest absolute Gasteiger partial charge is 0.249 e. The Bertz CT molecular complexity index is 536. The molecule has 2 N–H and O–H groups in total. The lowest BCUT2D eigenvalue weighted by Gasteiger charge is -2.21. The zero-order valence-corrected chi connectivity index (χ0v) is 27.6. The van der Waals surface area contributed by atoms with E-state index in [4.69, 9.17) is 20.3 Å². The van der Waals surface area contributed by atoms with E-state index in [2.05, 4.69) is 33.4 Å². The first-order chi connectivity index (χ1) is 20.2. The van der Waals surface area contributed by atoms with Crippen LogP contribution in [0.2, 0.25) is 0 Å². The Morgan fingerprint density at radius 3 is 0.976 bits per heavy atom.